The number of anilines is 1. The molecule has 0 fully saturated rings. The van der Waals surface area contributed by atoms with Gasteiger partial charge in [0.1, 0.15) is 11.4 Å². The number of hydrogen-bond donors (Lipinski definition) is 2. The second-order valence-electron chi connectivity index (χ2n) is 5.81. The van der Waals surface area contributed by atoms with Gasteiger partial charge in [0.15, 0.2) is 5.75 Å². The summed E-state index contributed by atoms with van der Waals surface area (Å²) >= 11 is 0. The fourth-order valence-corrected chi connectivity index (χ4v) is 1.92. The van der Waals surface area contributed by atoms with E-state index >= 15 is 0 Å². The molecule has 0 spiro atoms. The first-order valence-electron chi connectivity index (χ1n) is 6.62. The average Bonchev–Trinajstić information content (AvgIpc) is 2.27. The van der Waals surface area contributed by atoms with Crippen molar-refractivity contribution in [3.8, 4) is 5.75 Å². The molecule has 8 nitrogen and oxygen atoms in total. The van der Waals surface area contributed by atoms with E-state index in [0.717, 1.165) is 0 Å². The number of amides is 1. The van der Waals surface area contributed by atoms with Gasteiger partial charge in [-0.3, -0.25) is 14.7 Å². The molecule has 0 aliphatic rings. The molecule has 0 saturated carbocycles. The van der Waals surface area contributed by atoms with Crippen LogP contribution in [0.3, 0.4) is 0 Å². The van der Waals surface area contributed by atoms with Crippen LogP contribution in [0.5, 0.6) is 5.75 Å². The van der Waals surface area contributed by atoms with Crippen molar-refractivity contribution < 1.29 is 32.0 Å². The number of rotatable bonds is 4. The highest BCUT2D eigenvalue weighted by Crippen LogP contribution is 2.22. The minimum Gasteiger partial charge on any atom is -0.444 e. The summed E-state index contributed by atoms with van der Waals surface area (Å²) in [5.74, 6) is -2.12. The van der Waals surface area contributed by atoms with Crippen LogP contribution in [0.2, 0.25) is 0 Å². The molecule has 23 heavy (non-hydrogen) atoms. The van der Waals surface area contributed by atoms with Crippen LogP contribution in [0.15, 0.2) is 18.2 Å². The molecule has 0 unspecified atom stereocenters. The first-order chi connectivity index (χ1) is 10.4. The van der Waals surface area contributed by atoms with Gasteiger partial charge in [-0.2, -0.15) is 8.42 Å². The van der Waals surface area contributed by atoms with Crippen molar-refractivity contribution in [2.75, 3.05) is 11.1 Å². The maximum atomic E-state index is 11.6. The van der Waals surface area contributed by atoms with Crippen LogP contribution in [0.25, 0.3) is 0 Å². The van der Waals surface area contributed by atoms with E-state index < -0.39 is 33.5 Å². The second kappa shape index (κ2) is 6.97. The van der Waals surface area contributed by atoms with Crippen LogP contribution < -0.4 is 10.1 Å². The van der Waals surface area contributed by atoms with Gasteiger partial charge in [0.25, 0.3) is 10.1 Å². The van der Waals surface area contributed by atoms with Gasteiger partial charge < -0.3 is 9.47 Å². The number of esters is 1. The largest absolute Gasteiger partial charge is 0.444 e. The SMILES string of the molecule is Cc1cc(NC(=O)OC(C)(C)C)ccc1OC(=O)CS(=O)(=O)O. The van der Waals surface area contributed by atoms with Crippen LogP contribution in [0.1, 0.15) is 26.3 Å². The third-order valence-electron chi connectivity index (χ3n) is 2.34. The van der Waals surface area contributed by atoms with Crippen molar-refractivity contribution in [1.82, 2.24) is 0 Å². The summed E-state index contributed by atoms with van der Waals surface area (Å²) in [7, 11) is -4.45. The lowest BCUT2D eigenvalue weighted by Crippen LogP contribution is -2.27. The number of aryl methyl sites for hydroxylation is 1. The Hall–Kier alpha value is -2.13. The molecule has 0 aliphatic carbocycles. The lowest BCUT2D eigenvalue weighted by Gasteiger charge is -2.20. The average molecular weight is 345 g/mol. The lowest BCUT2D eigenvalue weighted by molar-refractivity contribution is -0.131. The van der Waals surface area contributed by atoms with Gasteiger partial charge in [-0.15, -0.1) is 0 Å². The summed E-state index contributed by atoms with van der Waals surface area (Å²) in [4.78, 5) is 23.0. The van der Waals surface area contributed by atoms with Gasteiger partial charge in [0.05, 0.1) is 0 Å². The highest BCUT2D eigenvalue weighted by Gasteiger charge is 2.18. The molecule has 0 heterocycles. The van der Waals surface area contributed by atoms with Gasteiger partial charge in [-0.25, -0.2) is 4.79 Å². The van der Waals surface area contributed by atoms with E-state index in [1.54, 1.807) is 27.7 Å². The van der Waals surface area contributed by atoms with E-state index in [1.807, 2.05) is 0 Å². The molecule has 9 heteroatoms. The molecule has 0 radical (unpaired) electrons. The van der Waals surface area contributed by atoms with Gasteiger partial charge >= 0.3 is 12.1 Å². The van der Waals surface area contributed by atoms with E-state index in [4.69, 9.17) is 14.0 Å². The molecule has 0 bridgehead atoms. The highest BCUT2D eigenvalue weighted by molar-refractivity contribution is 7.86. The van der Waals surface area contributed by atoms with Gasteiger partial charge in [0, 0.05) is 5.69 Å². The van der Waals surface area contributed by atoms with Crippen molar-refractivity contribution in [3.63, 3.8) is 0 Å². The normalized spacial score (nSPS) is 11.7. The van der Waals surface area contributed by atoms with E-state index in [9.17, 15) is 18.0 Å². The Morgan fingerprint density at radius 3 is 2.35 bits per heavy atom. The van der Waals surface area contributed by atoms with Gasteiger partial charge in [0.2, 0.25) is 0 Å². The maximum Gasteiger partial charge on any atom is 0.412 e. The van der Waals surface area contributed by atoms with Crippen molar-refractivity contribution in [1.29, 1.82) is 0 Å². The van der Waals surface area contributed by atoms with E-state index in [-0.39, 0.29) is 5.75 Å². The summed E-state index contributed by atoms with van der Waals surface area (Å²) < 4.78 is 39.7. The molecule has 0 atom stereocenters. The van der Waals surface area contributed by atoms with Gasteiger partial charge in [-0.05, 0) is 51.5 Å². The van der Waals surface area contributed by atoms with Crippen molar-refractivity contribution in [3.05, 3.63) is 23.8 Å². The van der Waals surface area contributed by atoms with Crippen LogP contribution >= 0.6 is 0 Å². The number of hydrogen-bond acceptors (Lipinski definition) is 6. The minimum absolute atomic E-state index is 0.119. The van der Waals surface area contributed by atoms with Crippen LogP contribution in [-0.2, 0) is 19.6 Å². The number of carbonyl (C=O) groups excluding carboxylic acids is 2. The van der Waals surface area contributed by atoms with E-state index in [0.29, 0.717) is 11.3 Å². The van der Waals surface area contributed by atoms with Crippen LogP contribution in [0, 0.1) is 6.92 Å². The van der Waals surface area contributed by atoms with Gasteiger partial charge in [-0.1, -0.05) is 0 Å². The second-order valence-corrected chi connectivity index (χ2v) is 7.26. The minimum atomic E-state index is -4.45. The lowest BCUT2D eigenvalue weighted by atomic mass is 10.2. The Kier molecular flexibility index (Phi) is 5.73. The summed E-state index contributed by atoms with van der Waals surface area (Å²) in [5.41, 5.74) is 0.276. The maximum absolute atomic E-state index is 11.6. The molecule has 1 aromatic carbocycles. The Labute approximate surface area is 134 Å². The third kappa shape index (κ3) is 7.61. The summed E-state index contributed by atoms with van der Waals surface area (Å²) in [6.45, 7) is 6.80. The predicted molar refractivity (Wildman–Crippen MR) is 83.1 cm³/mol. The van der Waals surface area contributed by atoms with Crippen LogP contribution in [0.4, 0.5) is 10.5 Å². The monoisotopic (exact) mass is 345 g/mol. The topological polar surface area (TPSA) is 119 Å². The molecule has 128 valence electrons. The quantitative estimate of drug-likeness (QED) is 0.487. The number of benzene rings is 1. The molecule has 0 aromatic heterocycles. The number of nitrogens with one attached hydrogen (secondary N) is 1. The Bertz CT molecular complexity index is 704. The standard InChI is InChI=1S/C14H19NO7S/c1-9-7-10(15-13(17)22-14(2,3)4)5-6-11(9)21-12(16)8-23(18,19)20/h5-7H,8H2,1-4H3,(H,15,17)(H,18,19,20). The molecule has 2 N–H and O–H groups in total. The summed E-state index contributed by atoms with van der Waals surface area (Å²) in [5, 5.41) is 2.52. The van der Waals surface area contributed by atoms with Crippen LogP contribution in [-0.4, -0.2) is 36.4 Å². The fraction of sp³-hybridized carbons (Fsp3) is 0.429. The predicted octanol–water partition coefficient (Wildman–Crippen LogP) is 2.14. The summed E-state index contributed by atoms with van der Waals surface area (Å²) in [6.07, 6.45) is -0.631. The first kappa shape index (κ1) is 18.9. The first-order valence-corrected chi connectivity index (χ1v) is 8.23. The number of ether oxygens (including phenoxy) is 2. The Morgan fingerprint density at radius 1 is 1.26 bits per heavy atom. The number of carbonyl (C=O) groups is 2. The fourth-order valence-electron chi connectivity index (χ4n) is 1.56. The van der Waals surface area contributed by atoms with E-state index in [1.165, 1.54) is 18.2 Å². The molecular formula is C14H19NO7S. The third-order valence-corrected chi connectivity index (χ3v) is 2.94. The zero-order valence-corrected chi connectivity index (χ0v) is 14.1. The Balaban J connectivity index is 2.75. The molecule has 1 aromatic rings. The smallest absolute Gasteiger partial charge is 0.412 e. The van der Waals surface area contributed by atoms with E-state index in [2.05, 4.69) is 5.32 Å². The highest BCUT2D eigenvalue weighted by atomic mass is 32.2. The molecule has 0 saturated heterocycles. The molecular weight excluding hydrogens is 326 g/mol. The van der Waals surface area contributed by atoms with Crippen molar-refractivity contribution in [2.45, 2.75) is 33.3 Å². The molecule has 1 rings (SSSR count). The zero-order chi connectivity index (χ0) is 17.8. The zero-order valence-electron chi connectivity index (χ0n) is 13.2. The van der Waals surface area contributed by atoms with Crippen molar-refractivity contribution in [2.24, 2.45) is 0 Å². The molecule has 1 amide bonds. The Morgan fingerprint density at radius 2 is 1.87 bits per heavy atom. The summed E-state index contributed by atoms with van der Waals surface area (Å²) in [6, 6.07) is 4.39. The van der Waals surface area contributed by atoms with Crippen molar-refractivity contribution >= 4 is 27.9 Å². The molecule has 0 aliphatic heterocycles.